The average Bonchev–Trinajstić information content (AvgIpc) is 3.15. The lowest BCUT2D eigenvalue weighted by molar-refractivity contribution is 0.342. The Bertz CT molecular complexity index is 931. The summed E-state index contributed by atoms with van der Waals surface area (Å²) in [5.41, 5.74) is 1.02. The fraction of sp³-hybridized carbons (Fsp3) is 0.381. The second-order valence-electron chi connectivity index (χ2n) is 6.52. The van der Waals surface area contributed by atoms with Crippen molar-refractivity contribution in [2.75, 3.05) is 17.8 Å². The van der Waals surface area contributed by atoms with Crippen molar-refractivity contribution in [3.63, 3.8) is 0 Å². The van der Waals surface area contributed by atoms with E-state index in [4.69, 9.17) is 5.41 Å². The predicted molar refractivity (Wildman–Crippen MR) is 112 cm³/mol. The highest BCUT2D eigenvalue weighted by Gasteiger charge is 2.26. The van der Waals surface area contributed by atoms with Crippen molar-refractivity contribution < 1.29 is 17.2 Å². The highest BCUT2D eigenvalue weighted by molar-refractivity contribution is 7.92. The van der Waals surface area contributed by atoms with E-state index in [1.165, 1.54) is 31.2 Å². The Kier molecular flexibility index (Phi) is 7.73. The standard InChI is InChI=1S/C19H21F2N3O2S.C2H6/c1-13(20)14-6-8-16(9-7-14)27(25,26)23-18-5-3-2-4-17(18)19(22)24-11-10-15(21)12-24;1-2/h2-9,13,15,22-23H,10-12H2,1H3;1-2H3. The second kappa shape index (κ2) is 9.82. The van der Waals surface area contributed by atoms with E-state index in [-0.39, 0.29) is 23.0 Å². The van der Waals surface area contributed by atoms with Crippen LogP contribution in [0.3, 0.4) is 0 Å². The maximum absolute atomic E-state index is 13.5. The molecule has 0 bridgehead atoms. The second-order valence-corrected chi connectivity index (χ2v) is 8.20. The average molecular weight is 424 g/mol. The van der Waals surface area contributed by atoms with Gasteiger partial charge in [-0.25, -0.2) is 17.2 Å². The highest BCUT2D eigenvalue weighted by Crippen LogP contribution is 2.25. The van der Waals surface area contributed by atoms with Gasteiger partial charge >= 0.3 is 0 Å². The number of rotatable bonds is 5. The third-order valence-corrected chi connectivity index (χ3v) is 5.90. The predicted octanol–water partition coefficient (Wildman–Crippen LogP) is 4.91. The molecule has 2 aromatic rings. The molecule has 1 saturated heterocycles. The molecule has 2 N–H and O–H groups in total. The molecule has 1 aliphatic heterocycles. The van der Waals surface area contributed by atoms with Crippen molar-refractivity contribution >= 4 is 21.5 Å². The zero-order chi connectivity index (χ0) is 21.6. The monoisotopic (exact) mass is 423 g/mol. The summed E-state index contributed by atoms with van der Waals surface area (Å²) in [5, 5.41) is 8.33. The Morgan fingerprint density at radius 2 is 1.79 bits per heavy atom. The maximum Gasteiger partial charge on any atom is 0.261 e. The van der Waals surface area contributed by atoms with Crippen LogP contribution in [-0.2, 0) is 10.0 Å². The number of halogens is 2. The van der Waals surface area contributed by atoms with Crippen LogP contribution in [0.5, 0.6) is 0 Å². The number of hydrogen-bond donors (Lipinski definition) is 2. The van der Waals surface area contributed by atoms with Crippen molar-refractivity contribution in [3.05, 3.63) is 59.7 Å². The molecule has 5 nitrogen and oxygen atoms in total. The zero-order valence-electron chi connectivity index (χ0n) is 16.8. The van der Waals surface area contributed by atoms with Gasteiger partial charge in [-0.05, 0) is 43.2 Å². The third kappa shape index (κ3) is 5.53. The molecule has 0 aliphatic carbocycles. The van der Waals surface area contributed by atoms with Crippen LogP contribution in [0.15, 0.2) is 53.4 Å². The number of nitrogens with one attached hydrogen (secondary N) is 2. The van der Waals surface area contributed by atoms with Crippen LogP contribution < -0.4 is 4.72 Å². The fourth-order valence-corrected chi connectivity index (χ4v) is 4.07. The van der Waals surface area contributed by atoms with Crippen LogP contribution in [0.2, 0.25) is 0 Å². The molecule has 0 amide bonds. The lowest BCUT2D eigenvalue weighted by atomic mass is 10.1. The van der Waals surface area contributed by atoms with Gasteiger partial charge in [0.2, 0.25) is 0 Å². The molecular formula is C21H27F2N3O2S. The summed E-state index contributed by atoms with van der Waals surface area (Å²) in [6, 6.07) is 12.1. The van der Waals surface area contributed by atoms with Crippen molar-refractivity contribution in [3.8, 4) is 0 Å². The molecule has 3 rings (SSSR count). The number of hydrogen-bond acceptors (Lipinski definition) is 3. The molecule has 0 saturated carbocycles. The number of likely N-dealkylation sites (tertiary alicyclic amines) is 1. The van der Waals surface area contributed by atoms with E-state index in [0.29, 0.717) is 24.1 Å². The van der Waals surface area contributed by atoms with E-state index in [9.17, 15) is 17.2 Å². The quantitative estimate of drug-likeness (QED) is 0.530. The number of amidine groups is 1. The number of sulfonamides is 1. The van der Waals surface area contributed by atoms with E-state index < -0.39 is 22.4 Å². The molecular weight excluding hydrogens is 396 g/mol. The topological polar surface area (TPSA) is 73.3 Å². The molecule has 2 atom stereocenters. The molecule has 1 heterocycles. The first kappa shape index (κ1) is 22.8. The number of alkyl halides is 2. The molecule has 0 radical (unpaired) electrons. The Labute approximate surface area is 171 Å². The summed E-state index contributed by atoms with van der Waals surface area (Å²) >= 11 is 0. The van der Waals surface area contributed by atoms with Crippen molar-refractivity contribution in [1.82, 2.24) is 4.90 Å². The molecule has 1 aliphatic rings. The number of nitrogens with zero attached hydrogens (tertiary/aromatic N) is 1. The first-order chi connectivity index (χ1) is 13.8. The van der Waals surface area contributed by atoms with Crippen LogP contribution in [0.1, 0.15) is 44.5 Å². The third-order valence-electron chi connectivity index (χ3n) is 4.52. The number of para-hydroxylation sites is 1. The summed E-state index contributed by atoms with van der Waals surface area (Å²) in [6.07, 6.45) is -1.81. The van der Waals surface area contributed by atoms with Crippen molar-refractivity contribution in [2.24, 2.45) is 0 Å². The SMILES string of the molecule is CC.CC(F)c1ccc(S(=O)(=O)Nc2ccccc2C(=N)N2CCC(F)C2)cc1. The minimum absolute atomic E-state index is 0.00164. The molecule has 2 unspecified atom stereocenters. The lowest BCUT2D eigenvalue weighted by Crippen LogP contribution is -2.30. The first-order valence-corrected chi connectivity index (χ1v) is 11.1. The van der Waals surface area contributed by atoms with Gasteiger partial charge in [-0.15, -0.1) is 0 Å². The number of benzene rings is 2. The summed E-state index contributed by atoms with van der Waals surface area (Å²) in [5.74, 6) is 0.0788. The molecule has 1 fully saturated rings. The molecule has 158 valence electrons. The zero-order valence-corrected chi connectivity index (χ0v) is 17.6. The Morgan fingerprint density at radius 1 is 1.17 bits per heavy atom. The molecule has 29 heavy (non-hydrogen) atoms. The highest BCUT2D eigenvalue weighted by atomic mass is 32.2. The van der Waals surface area contributed by atoms with Gasteiger partial charge in [-0.3, -0.25) is 10.1 Å². The van der Waals surface area contributed by atoms with E-state index in [2.05, 4.69) is 4.72 Å². The van der Waals surface area contributed by atoms with E-state index in [0.717, 1.165) is 0 Å². The minimum atomic E-state index is -3.91. The van der Waals surface area contributed by atoms with Crippen LogP contribution in [0.4, 0.5) is 14.5 Å². The van der Waals surface area contributed by atoms with Gasteiger partial charge in [-0.2, -0.15) is 0 Å². The van der Waals surface area contributed by atoms with E-state index in [1.807, 2.05) is 13.8 Å². The minimum Gasteiger partial charge on any atom is -0.354 e. The fourth-order valence-electron chi connectivity index (χ4n) is 2.99. The largest absolute Gasteiger partial charge is 0.354 e. The van der Waals surface area contributed by atoms with Gasteiger partial charge in [0.1, 0.15) is 18.2 Å². The van der Waals surface area contributed by atoms with Gasteiger partial charge in [0.25, 0.3) is 10.0 Å². The number of anilines is 1. The lowest BCUT2D eigenvalue weighted by Gasteiger charge is -2.21. The van der Waals surface area contributed by atoms with E-state index in [1.54, 1.807) is 29.2 Å². The van der Waals surface area contributed by atoms with Gasteiger partial charge in [0.05, 0.1) is 17.1 Å². The summed E-state index contributed by atoms with van der Waals surface area (Å²) in [7, 11) is -3.91. The molecule has 0 aromatic heterocycles. The summed E-state index contributed by atoms with van der Waals surface area (Å²) in [4.78, 5) is 1.59. The van der Waals surface area contributed by atoms with E-state index >= 15 is 0 Å². The maximum atomic E-state index is 13.5. The Balaban J connectivity index is 0.00000145. The van der Waals surface area contributed by atoms with Gasteiger partial charge < -0.3 is 4.90 Å². The smallest absolute Gasteiger partial charge is 0.261 e. The Hall–Kier alpha value is -2.48. The van der Waals surface area contributed by atoms with Crippen molar-refractivity contribution in [1.29, 1.82) is 5.41 Å². The van der Waals surface area contributed by atoms with Crippen LogP contribution in [-0.4, -0.2) is 38.4 Å². The summed E-state index contributed by atoms with van der Waals surface area (Å²) < 4.78 is 54.6. The molecule has 8 heteroatoms. The Morgan fingerprint density at radius 3 is 2.34 bits per heavy atom. The normalized spacial score (nSPS) is 17.3. The van der Waals surface area contributed by atoms with Crippen LogP contribution in [0, 0.1) is 5.41 Å². The summed E-state index contributed by atoms with van der Waals surface area (Å²) in [6.45, 7) is 5.93. The van der Waals surface area contributed by atoms with Crippen LogP contribution >= 0.6 is 0 Å². The molecule has 0 spiro atoms. The molecule has 2 aromatic carbocycles. The van der Waals surface area contributed by atoms with Crippen molar-refractivity contribution in [2.45, 2.75) is 44.4 Å². The van der Waals surface area contributed by atoms with Gasteiger partial charge in [-0.1, -0.05) is 38.1 Å². The van der Waals surface area contributed by atoms with Gasteiger partial charge in [0, 0.05) is 12.1 Å². The van der Waals surface area contributed by atoms with Gasteiger partial charge in [0.15, 0.2) is 0 Å². The first-order valence-electron chi connectivity index (χ1n) is 9.62. The van der Waals surface area contributed by atoms with Crippen LogP contribution in [0.25, 0.3) is 0 Å².